The number of thiazole rings is 1. The molecule has 2 aromatic carbocycles. The first-order valence-electron chi connectivity index (χ1n) is 8.04. The van der Waals surface area contributed by atoms with Crippen molar-refractivity contribution in [2.24, 2.45) is 0 Å². The molecule has 1 amide bonds. The third kappa shape index (κ3) is 3.07. The molecule has 4 rings (SSSR count). The number of methoxy groups -OCH3 is 1. The van der Waals surface area contributed by atoms with Crippen LogP contribution in [0.3, 0.4) is 0 Å². The number of ether oxygens (including phenoxy) is 1. The summed E-state index contributed by atoms with van der Waals surface area (Å²) in [4.78, 5) is 16.9. The molecule has 130 valence electrons. The van der Waals surface area contributed by atoms with Crippen LogP contribution in [0, 0.1) is 6.92 Å². The smallest absolute Gasteiger partial charge is 0.291 e. The van der Waals surface area contributed by atoms with Gasteiger partial charge in [-0.1, -0.05) is 24.3 Å². The Morgan fingerprint density at radius 2 is 2.00 bits per heavy atom. The summed E-state index contributed by atoms with van der Waals surface area (Å²) in [5, 5.41) is 6.72. The standard InChI is InChI=1S/C20H16N2O3S/c1-12-21-16(11-26-12)13-6-8-15(9-7-13)22-20(23)18-10-14-4-3-5-17(24-2)19(14)25-18/h3-11H,1-2H3,(H,22,23). The van der Waals surface area contributed by atoms with E-state index in [9.17, 15) is 4.79 Å². The van der Waals surface area contributed by atoms with Crippen molar-refractivity contribution < 1.29 is 13.9 Å². The van der Waals surface area contributed by atoms with Crippen LogP contribution in [0.4, 0.5) is 5.69 Å². The molecule has 0 radical (unpaired) electrons. The molecule has 0 saturated heterocycles. The lowest BCUT2D eigenvalue weighted by molar-refractivity contribution is 0.0998. The normalized spacial score (nSPS) is 10.8. The highest BCUT2D eigenvalue weighted by molar-refractivity contribution is 7.09. The number of para-hydroxylation sites is 1. The second-order valence-corrected chi connectivity index (χ2v) is 6.83. The van der Waals surface area contributed by atoms with Gasteiger partial charge in [0.15, 0.2) is 17.1 Å². The maximum Gasteiger partial charge on any atom is 0.291 e. The van der Waals surface area contributed by atoms with Gasteiger partial charge in [0, 0.05) is 22.0 Å². The summed E-state index contributed by atoms with van der Waals surface area (Å²) in [7, 11) is 1.57. The van der Waals surface area contributed by atoms with E-state index < -0.39 is 0 Å². The summed E-state index contributed by atoms with van der Waals surface area (Å²) < 4.78 is 10.9. The second-order valence-electron chi connectivity index (χ2n) is 5.77. The quantitative estimate of drug-likeness (QED) is 0.545. The fraction of sp³-hybridized carbons (Fsp3) is 0.100. The molecule has 2 aromatic heterocycles. The van der Waals surface area contributed by atoms with Crippen molar-refractivity contribution in [2.75, 3.05) is 12.4 Å². The van der Waals surface area contributed by atoms with E-state index in [-0.39, 0.29) is 11.7 Å². The number of benzene rings is 2. The molecule has 0 atom stereocenters. The van der Waals surface area contributed by atoms with Gasteiger partial charge in [-0.25, -0.2) is 4.98 Å². The fourth-order valence-electron chi connectivity index (χ4n) is 2.72. The third-order valence-corrected chi connectivity index (χ3v) is 4.78. The van der Waals surface area contributed by atoms with E-state index in [4.69, 9.17) is 9.15 Å². The average Bonchev–Trinajstić information content (AvgIpc) is 3.28. The number of carbonyl (C=O) groups is 1. The van der Waals surface area contributed by atoms with Crippen LogP contribution < -0.4 is 10.1 Å². The van der Waals surface area contributed by atoms with Crippen LogP contribution in [-0.2, 0) is 0 Å². The summed E-state index contributed by atoms with van der Waals surface area (Å²) in [6.45, 7) is 1.98. The number of amides is 1. The molecule has 26 heavy (non-hydrogen) atoms. The monoisotopic (exact) mass is 364 g/mol. The van der Waals surface area contributed by atoms with Gasteiger partial charge in [0.2, 0.25) is 0 Å². The van der Waals surface area contributed by atoms with Gasteiger partial charge in [0.1, 0.15) is 0 Å². The average molecular weight is 364 g/mol. The first kappa shape index (κ1) is 16.4. The van der Waals surface area contributed by atoms with Crippen molar-refractivity contribution in [3.63, 3.8) is 0 Å². The Labute approximate surface area is 154 Å². The predicted molar refractivity (Wildman–Crippen MR) is 103 cm³/mol. The largest absolute Gasteiger partial charge is 0.493 e. The van der Waals surface area contributed by atoms with Gasteiger partial charge in [0.25, 0.3) is 5.91 Å². The van der Waals surface area contributed by atoms with Crippen LogP contribution in [0.1, 0.15) is 15.6 Å². The number of hydrogen-bond acceptors (Lipinski definition) is 5. The molecular weight excluding hydrogens is 348 g/mol. The molecule has 0 aliphatic heterocycles. The Kier molecular flexibility index (Phi) is 4.18. The minimum absolute atomic E-state index is 0.240. The Bertz CT molecular complexity index is 1080. The molecule has 5 nitrogen and oxygen atoms in total. The molecule has 0 aliphatic rings. The van der Waals surface area contributed by atoms with Crippen molar-refractivity contribution in [3.8, 4) is 17.0 Å². The number of nitrogens with one attached hydrogen (secondary N) is 1. The van der Waals surface area contributed by atoms with Gasteiger partial charge >= 0.3 is 0 Å². The van der Waals surface area contributed by atoms with E-state index in [1.165, 1.54) is 0 Å². The lowest BCUT2D eigenvalue weighted by Gasteiger charge is -2.04. The van der Waals surface area contributed by atoms with Crippen LogP contribution in [0.5, 0.6) is 5.75 Å². The number of hydrogen-bond donors (Lipinski definition) is 1. The molecule has 0 spiro atoms. The first-order valence-corrected chi connectivity index (χ1v) is 8.92. The molecule has 0 fully saturated rings. The van der Waals surface area contributed by atoms with Gasteiger partial charge in [-0.05, 0) is 31.2 Å². The second kappa shape index (κ2) is 6.65. The molecule has 0 unspecified atom stereocenters. The number of anilines is 1. The summed E-state index contributed by atoms with van der Waals surface area (Å²) in [6.07, 6.45) is 0. The lowest BCUT2D eigenvalue weighted by atomic mass is 10.1. The fourth-order valence-corrected chi connectivity index (χ4v) is 3.34. The van der Waals surface area contributed by atoms with E-state index in [2.05, 4.69) is 10.3 Å². The zero-order valence-corrected chi connectivity index (χ0v) is 15.1. The highest BCUT2D eigenvalue weighted by Gasteiger charge is 2.15. The van der Waals surface area contributed by atoms with Gasteiger partial charge in [0.05, 0.1) is 17.8 Å². The number of aryl methyl sites for hydroxylation is 1. The molecule has 0 bridgehead atoms. The van der Waals surface area contributed by atoms with Crippen molar-refractivity contribution in [1.29, 1.82) is 0 Å². The summed E-state index contributed by atoms with van der Waals surface area (Å²) in [6, 6.07) is 14.8. The molecule has 0 saturated carbocycles. The van der Waals surface area contributed by atoms with E-state index >= 15 is 0 Å². The Morgan fingerprint density at radius 1 is 1.19 bits per heavy atom. The zero-order valence-electron chi connectivity index (χ0n) is 14.3. The van der Waals surface area contributed by atoms with E-state index in [0.717, 1.165) is 21.7 Å². The Hall–Kier alpha value is -3.12. The molecule has 6 heteroatoms. The first-order chi connectivity index (χ1) is 12.6. The minimum Gasteiger partial charge on any atom is -0.493 e. The lowest BCUT2D eigenvalue weighted by Crippen LogP contribution is -2.10. The van der Waals surface area contributed by atoms with Gasteiger partial charge in [-0.3, -0.25) is 4.79 Å². The van der Waals surface area contributed by atoms with E-state index in [0.29, 0.717) is 17.0 Å². The van der Waals surface area contributed by atoms with Crippen LogP contribution in [0.25, 0.3) is 22.2 Å². The number of aromatic nitrogens is 1. The van der Waals surface area contributed by atoms with Crippen molar-refractivity contribution >= 4 is 33.9 Å². The van der Waals surface area contributed by atoms with Gasteiger partial charge < -0.3 is 14.5 Å². The Balaban J connectivity index is 1.54. The van der Waals surface area contributed by atoms with Gasteiger partial charge in [-0.2, -0.15) is 0 Å². The number of rotatable bonds is 4. The van der Waals surface area contributed by atoms with Crippen LogP contribution in [-0.4, -0.2) is 18.0 Å². The SMILES string of the molecule is COc1cccc2cc(C(=O)Nc3ccc(-c4csc(C)n4)cc3)oc12. The number of carbonyl (C=O) groups excluding carboxylic acids is 1. The molecule has 2 heterocycles. The highest BCUT2D eigenvalue weighted by Crippen LogP contribution is 2.29. The van der Waals surface area contributed by atoms with Crippen molar-refractivity contribution in [3.05, 3.63) is 64.7 Å². The zero-order chi connectivity index (χ0) is 18.1. The maximum absolute atomic E-state index is 12.5. The highest BCUT2D eigenvalue weighted by atomic mass is 32.1. The molecule has 0 aliphatic carbocycles. The van der Waals surface area contributed by atoms with Crippen LogP contribution in [0.15, 0.2) is 58.3 Å². The molecule has 4 aromatic rings. The van der Waals surface area contributed by atoms with Crippen molar-refractivity contribution in [2.45, 2.75) is 6.92 Å². The summed E-state index contributed by atoms with van der Waals surface area (Å²) in [5.41, 5.74) is 3.21. The molecular formula is C20H16N2O3S. The number of fused-ring (bicyclic) bond motifs is 1. The van der Waals surface area contributed by atoms with E-state index in [1.54, 1.807) is 30.6 Å². The molecule has 1 N–H and O–H groups in total. The maximum atomic E-state index is 12.5. The van der Waals surface area contributed by atoms with Crippen molar-refractivity contribution in [1.82, 2.24) is 4.98 Å². The number of nitrogens with zero attached hydrogens (tertiary/aromatic N) is 1. The third-order valence-electron chi connectivity index (χ3n) is 4.01. The summed E-state index contributed by atoms with van der Waals surface area (Å²) in [5.74, 6) is 0.536. The van der Waals surface area contributed by atoms with Crippen LogP contribution in [0.2, 0.25) is 0 Å². The van der Waals surface area contributed by atoms with Gasteiger partial charge in [-0.15, -0.1) is 11.3 Å². The minimum atomic E-state index is -0.305. The predicted octanol–water partition coefficient (Wildman–Crippen LogP) is 5.13. The number of furan rings is 1. The Morgan fingerprint density at radius 3 is 2.69 bits per heavy atom. The summed E-state index contributed by atoms with van der Waals surface area (Å²) >= 11 is 1.61. The van der Waals surface area contributed by atoms with Crippen LogP contribution >= 0.6 is 11.3 Å². The topological polar surface area (TPSA) is 64.4 Å². The van der Waals surface area contributed by atoms with E-state index in [1.807, 2.05) is 48.7 Å².